The molecule has 0 amide bonds. The predicted molar refractivity (Wildman–Crippen MR) is 51.0 cm³/mol. The van der Waals surface area contributed by atoms with E-state index in [4.69, 9.17) is 0 Å². The van der Waals surface area contributed by atoms with Crippen molar-refractivity contribution in [2.75, 3.05) is 0 Å². The molecule has 0 fully saturated rings. The van der Waals surface area contributed by atoms with Crippen LogP contribution in [0.25, 0.3) is 0 Å². The van der Waals surface area contributed by atoms with Crippen molar-refractivity contribution in [3.05, 3.63) is 40.3 Å². The highest BCUT2D eigenvalue weighted by atomic mass is 32.1. The molecular formula is C9H8N2OS. The average Bonchev–Trinajstić information content (AvgIpc) is 2.72. The van der Waals surface area contributed by atoms with Crippen molar-refractivity contribution in [3.63, 3.8) is 0 Å². The summed E-state index contributed by atoms with van der Waals surface area (Å²) in [4.78, 5) is 11.7. The van der Waals surface area contributed by atoms with Gasteiger partial charge in [-0.1, -0.05) is 0 Å². The molecule has 2 heterocycles. The third-order valence-electron chi connectivity index (χ3n) is 1.75. The lowest BCUT2D eigenvalue weighted by Crippen LogP contribution is -1.97. The van der Waals surface area contributed by atoms with Gasteiger partial charge in [0.2, 0.25) is 0 Å². The predicted octanol–water partition coefficient (Wildman–Crippen LogP) is 1.71. The number of ketones is 1. The lowest BCUT2D eigenvalue weighted by Gasteiger charge is -1.90. The van der Waals surface area contributed by atoms with Crippen molar-refractivity contribution < 1.29 is 4.79 Å². The minimum absolute atomic E-state index is 0.0364. The van der Waals surface area contributed by atoms with E-state index in [1.807, 2.05) is 16.8 Å². The van der Waals surface area contributed by atoms with Gasteiger partial charge in [0.05, 0.1) is 11.8 Å². The summed E-state index contributed by atoms with van der Waals surface area (Å²) < 4.78 is 1.62. The number of hydrogen-bond donors (Lipinski definition) is 0. The first kappa shape index (κ1) is 8.19. The molecule has 66 valence electrons. The highest BCUT2D eigenvalue weighted by molar-refractivity contribution is 7.08. The maximum Gasteiger partial charge on any atom is 0.197 e. The summed E-state index contributed by atoms with van der Waals surface area (Å²) in [7, 11) is 1.80. The standard InChI is InChI=1S/C9H8N2OS/c1-11-5-8(4-10-11)9(12)7-2-3-13-6-7/h2-6H,1H3. The molecule has 3 nitrogen and oxygen atoms in total. The Bertz CT molecular complexity index is 417. The van der Waals surface area contributed by atoms with Crippen molar-refractivity contribution in [3.8, 4) is 0 Å². The molecule has 0 atom stereocenters. The van der Waals surface area contributed by atoms with Crippen LogP contribution in [0.15, 0.2) is 29.2 Å². The summed E-state index contributed by atoms with van der Waals surface area (Å²) in [6.07, 6.45) is 3.31. The largest absolute Gasteiger partial charge is 0.288 e. The zero-order valence-corrected chi connectivity index (χ0v) is 7.91. The van der Waals surface area contributed by atoms with Crippen molar-refractivity contribution in [2.24, 2.45) is 7.05 Å². The number of aromatic nitrogens is 2. The van der Waals surface area contributed by atoms with E-state index in [1.165, 1.54) is 11.3 Å². The second kappa shape index (κ2) is 3.14. The molecular weight excluding hydrogens is 184 g/mol. The van der Waals surface area contributed by atoms with Crippen LogP contribution in [0.1, 0.15) is 15.9 Å². The van der Waals surface area contributed by atoms with Crippen molar-refractivity contribution in [1.82, 2.24) is 9.78 Å². The lowest BCUT2D eigenvalue weighted by molar-refractivity contribution is 0.103. The number of nitrogens with zero attached hydrogens (tertiary/aromatic N) is 2. The molecule has 0 N–H and O–H groups in total. The van der Waals surface area contributed by atoms with Crippen LogP contribution in [-0.4, -0.2) is 15.6 Å². The van der Waals surface area contributed by atoms with Gasteiger partial charge in [0.1, 0.15) is 0 Å². The molecule has 0 aliphatic rings. The third-order valence-corrected chi connectivity index (χ3v) is 2.43. The van der Waals surface area contributed by atoms with Gasteiger partial charge in [0.15, 0.2) is 5.78 Å². The second-order valence-corrected chi connectivity index (χ2v) is 3.52. The molecule has 0 bridgehead atoms. The molecule has 2 rings (SSSR count). The second-order valence-electron chi connectivity index (χ2n) is 2.74. The van der Waals surface area contributed by atoms with E-state index in [-0.39, 0.29) is 5.78 Å². The van der Waals surface area contributed by atoms with E-state index in [9.17, 15) is 4.79 Å². The topological polar surface area (TPSA) is 34.9 Å². The first-order valence-corrected chi connectivity index (χ1v) is 4.77. The zero-order chi connectivity index (χ0) is 9.26. The SMILES string of the molecule is Cn1cc(C(=O)c2ccsc2)cn1. The Labute approximate surface area is 79.6 Å². The Kier molecular flexibility index (Phi) is 1.98. The van der Waals surface area contributed by atoms with E-state index < -0.39 is 0 Å². The van der Waals surface area contributed by atoms with Crippen LogP contribution in [0.3, 0.4) is 0 Å². The molecule has 0 radical (unpaired) electrons. The summed E-state index contributed by atoms with van der Waals surface area (Å²) in [6.45, 7) is 0. The number of aryl methyl sites for hydroxylation is 1. The van der Waals surface area contributed by atoms with Gasteiger partial charge in [-0.3, -0.25) is 9.48 Å². The first-order valence-electron chi connectivity index (χ1n) is 3.83. The summed E-state index contributed by atoms with van der Waals surface area (Å²) >= 11 is 1.52. The molecule has 0 saturated carbocycles. The van der Waals surface area contributed by atoms with E-state index in [2.05, 4.69) is 5.10 Å². The fraction of sp³-hybridized carbons (Fsp3) is 0.111. The Morgan fingerprint density at radius 1 is 1.54 bits per heavy atom. The minimum atomic E-state index is 0.0364. The molecule has 0 saturated heterocycles. The molecule has 0 aliphatic heterocycles. The van der Waals surface area contributed by atoms with Crippen LogP contribution in [0.4, 0.5) is 0 Å². The molecule has 2 aromatic rings. The number of thiophene rings is 1. The van der Waals surface area contributed by atoms with Crippen LogP contribution in [0.5, 0.6) is 0 Å². The number of hydrogen-bond acceptors (Lipinski definition) is 3. The summed E-state index contributed by atoms with van der Waals surface area (Å²) in [5.74, 6) is 0.0364. The Morgan fingerprint density at radius 3 is 2.92 bits per heavy atom. The Hall–Kier alpha value is -1.42. The summed E-state index contributed by atoms with van der Waals surface area (Å²) in [5, 5.41) is 7.68. The van der Waals surface area contributed by atoms with Crippen molar-refractivity contribution >= 4 is 17.1 Å². The minimum Gasteiger partial charge on any atom is -0.288 e. The quantitative estimate of drug-likeness (QED) is 0.679. The zero-order valence-electron chi connectivity index (χ0n) is 7.10. The molecule has 4 heteroatoms. The monoisotopic (exact) mass is 192 g/mol. The molecule has 13 heavy (non-hydrogen) atoms. The number of rotatable bonds is 2. The normalized spacial score (nSPS) is 10.2. The molecule has 0 aliphatic carbocycles. The highest BCUT2D eigenvalue weighted by Gasteiger charge is 2.10. The van der Waals surface area contributed by atoms with Gasteiger partial charge in [-0.25, -0.2) is 0 Å². The summed E-state index contributed by atoms with van der Waals surface area (Å²) in [5.41, 5.74) is 1.37. The van der Waals surface area contributed by atoms with Gasteiger partial charge in [-0.2, -0.15) is 16.4 Å². The Balaban J connectivity index is 2.33. The average molecular weight is 192 g/mol. The maximum atomic E-state index is 11.7. The van der Waals surface area contributed by atoms with Gasteiger partial charge in [0, 0.05) is 24.2 Å². The lowest BCUT2D eigenvalue weighted by atomic mass is 10.1. The van der Waals surface area contributed by atoms with Gasteiger partial charge < -0.3 is 0 Å². The molecule has 0 spiro atoms. The molecule has 0 aromatic carbocycles. The number of carbonyl (C=O) groups is 1. The Morgan fingerprint density at radius 2 is 2.38 bits per heavy atom. The van der Waals surface area contributed by atoms with Gasteiger partial charge in [-0.05, 0) is 11.4 Å². The van der Waals surface area contributed by atoms with Crippen LogP contribution >= 0.6 is 11.3 Å². The van der Waals surface area contributed by atoms with Gasteiger partial charge >= 0.3 is 0 Å². The van der Waals surface area contributed by atoms with Crippen molar-refractivity contribution in [2.45, 2.75) is 0 Å². The highest BCUT2D eigenvalue weighted by Crippen LogP contribution is 2.11. The van der Waals surface area contributed by atoms with E-state index in [0.29, 0.717) is 5.56 Å². The molecule has 0 unspecified atom stereocenters. The van der Waals surface area contributed by atoms with Crippen LogP contribution < -0.4 is 0 Å². The third kappa shape index (κ3) is 1.53. The maximum absolute atomic E-state index is 11.7. The van der Waals surface area contributed by atoms with E-state index >= 15 is 0 Å². The van der Waals surface area contributed by atoms with E-state index in [0.717, 1.165) is 5.56 Å². The molecule has 2 aromatic heterocycles. The van der Waals surface area contributed by atoms with Gasteiger partial charge in [0.25, 0.3) is 0 Å². The van der Waals surface area contributed by atoms with Crippen LogP contribution in [0, 0.1) is 0 Å². The van der Waals surface area contributed by atoms with Crippen LogP contribution in [0.2, 0.25) is 0 Å². The smallest absolute Gasteiger partial charge is 0.197 e. The fourth-order valence-electron chi connectivity index (χ4n) is 1.10. The summed E-state index contributed by atoms with van der Waals surface area (Å²) in [6, 6.07) is 1.82. The number of carbonyl (C=O) groups excluding carboxylic acids is 1. The van der Waals surface area contributed by atoms with Gasteiger partial charge in [-0.15, -0.1) is 0 Å². The first-order chi connectivity index (χ1) is 6.27. The fourth-order valence-corrected chi connectivity index (χ4v) is 1.73. The van der Waals surface area contributed by atoms with Crippen molar-refractivity contribution in [1.29, 1.82) is 0 Å². The van der Waals surface area contributed by atoms with Crippen LogP contribution in [-0.2, 0) is 7.05 Å². The van der Waals surface area contributed by atoms with E-state index in [1.54, 1.807) is 24.1 Å².